The zero-order valence-corrected chi connectivity index (χ0v) is 7.18. The molecule has 0 aliphatic rings. The van der Waals surface area contributed by atoms with E-state index in [1.807, 2.05) is 13.0 Å². The lowest BCUT2D eigenvalue weighted by Gasteiger charge is -1.95. The van der Waals surface area contributed by atoms with E-state index in [0.717, 1.165) is 12.2 Å². The first-order chi connectivity index (χ1) is 5.20. The Balaban J connectivity index is 3.26. The van der Waals surface area contributed by atoms with Crippen LogP contribution in [0.2, 0.25) is 5.15 Å². The Morgan fingerprint density at radius 3 is 2.64 bits per heavy atom. The number of aryl methyl sites for hydroxylation is 1. The van der Waals surface area contributed by atoms with Crippen LogP contribution in [0.15, 0.2) is 0 Å². The van der Waals surface area contributed by atoms with Crippen LogP contribution in [0.4, 0.5) is 0 Å². The largest absolute Gasteiger partial charge is 0.321 e. The van der Waals surface area contributed by atoms with E-state index < -0.39 is 0 Å². The van der Waals surface area contributed by atoms with Crippen LogP contribution < -0.4 is 0 Å². The van der Waals surface area contributed by atoms with Gasteiger partial charge < -0.3 is 4.57 Å². The van der Waals surface area contributed by atoms with E-state index in [1.54, 1.807) is 11.6 Å². The molecule has 58 valence electrons. The van der Waals surface area contributed by atoms with Gasteiger partial charge in [0.25, 0.3) is 0 Å². The van der Waals surface area contributed by atoms with Crippen molar-refractivity contribution in [3.63, 3.8) is 0 Å². The zero-order chi connectivity index (χ0) is 8.43. The van der Waals surface area contributed by atoms with Gasteiger partial charge >= 0.3 is 0 Å². The normalized spacial score (nSPS) is 9.64. The van der Waals surface area contributed by atoms with Gasteiger partial charge in [0.15, 0.2) is 5.69 Å². The molecule has 1 heterocycles. The van der Waals surface area contributed by atoms with Gasteiger partial charge in [0.1, 0.15) is 17.0 Å². The Morgan fingerprint density at radius 1 is 1.73 bits per heavy atom. The molecule has 1 rings (SSSR count). The summed E-state index contributed by atoms with van der Waals surface area (Å²) in [4.78, 5) is 4.02. The molecule has 0 unspecified atom stereocenters. The van der Waals surface area contributed by atoms with E-state index in [9.17, 15) is 0 Å². The molecule has 0 bridgehead atoms. The molecule has 0 spiro atoms. The maximum Gasteiger partial charge on any atom is 0.177 e. The van der Waals surface area contributed by atoms with Crippen LogP contribution in [0.25, 0.3) is 0 Å². The average Bonchev–Trinajstić information content (AvgIpc) is 2.30. The standard InChI is InChI=1S/C7H8ClN3/c1-3-6-10-5(4-9)7(8)11(6)2/h3H2,1-2H3. The number of nitrogens with zero attached hydrogens (tertiary/aromatic N) is 3. The van der Waals surface area contributed by atoms with Crippen molar-refractivity contribution in [3.05, 3.63) is 16.7 Å². The van der Waals surface area contributed by atoms with E-state index in [1.165, 1.54) is 0 Å². The summed E-state index contributed by atoms with van der Waals surface area (Å²) in [6.45, 7) is 1.97. The fourth-order valence-electron chi connectivity index (χ4n) is 0.910. The van der Waals surface area contributed by atoms with E-state index in [-0.39, 0.29) is 0 Å². The van der Waals surface area contributed by atoms with Crippen LogP contribution in [0, 0.1) is 11.3 Å². The predicted molar refractivity (Wildman–Crippen MR) is 42.3 cm³/mol. The third-order valence-electron chi connectivity index (χ3n) is 1.54. The van der Waals surface area contributed by atoms with Crippen molar-refractivity contribution < 1.29 is 0 Å². The topological polar surface area (TPSA) is 41.6 Å². The molecule has 0 aliphatic carbocycles. The van der Waals surface area contributed by atoms with Crippen LogP contribution in [-0.4, -0.2) is 9.55 Å². The Kier molecular flexibility index (Phi) is 2.16. The van der Waals surface area contributed by atoms with Crippen molar-refractivity contribution in [3.8, 4) is 6.07 Å². The fourth-order valence-corrected chi connectivity index (χ4v) is 1.09. The Labute approximate surface area is 70.2 Å². The maximum atomic E-state index is 8.54. The van der Waals surface area contributed by atoms with Gasteiger partial charge in [-0.05, 0) is 0 Å². The number of halogens is 1. The van der Waals surface area contributed by atoms with Crippen molar-refractivity contribution in [1.29, 1.82) is 5.26 Å². The second-order valence-corrected chi connectivity index (χ2v) is 2.55. The first-order valence-electron chi connectivity index (χ1n) is 3.31. The molecule has 0 radical (unpaired) electrons. The van der Waals surface area contributed by atoms with Crippen molar-refractivity contribution >= 4 is 11.6 Å². The molecule has 1 aromatic rings. The SMILES string of the molecule is CCc1nc(C#N)c(Cl)n1C. The van der Waals surface area contributed by atoms with E-state index in [0.29, 0.717) is 10.8 Å². The molecule has 11 heavy (non-hydrogen) atoms. The molecular weight excluding hydrogens is 162 g/mol. The summed E-state index contributed by atoms with van der Waals surface area (Å²) in [5, 5.41) is 8.96. The summed E-state index contributed by atoms with van der Waals surface area (Å²) in [6, 6.07) is 1.93. The van der Waals surface area contributed by atoms with Crippen LogP contribution in [0.1, 0.15) is 18.4 Å². The average molecular weight is 170 g/mol. The zero-order valence-electron chi connectivity index (χ0n) is 6.43. The quantitative estimate of drug-likeness (QED) is 0.640. The Bertz CT molecular complexity index is 308. The van der Waals surface area contributed by atoms with Crippen LogP contribution in [0.5, 0.6) is 0 Å². The van der Waals surface area contributed by atoms with Gasteiger partial charge in [-0.25, -0.2) is 4.98 Å². The molecule has 0 saturated heterocycles. The third kappa shape index (κ3) is 1.22. The van der Waals surface area contributed by atoms with Crippen LogP contribution >= 0.6 is 11.6 Å². The monoisotopic (exact) mass is 169 g/mol. The van der Waals surface area contributed by atoms with E-state index >= 15 is 0 Å². The first-order valence-corrected chi connectivity index (χ1v) is 3.69. The highest BCUT2D eigenvalue weighted by Gasteiger charge is 2.09. The molecule has 4 heteroatoms. The second-order valence-electron chi connectivity index (χ2n) is 2.19. The summed E-state index contributed by atoms with van der Waals surface area (Å²) in [5.74, 6) is 0.839. The highest BCUT2D eigenvalue weighted by atomic mass is 35.5. The van der Waals surface area contributed by atoms with Crippen LogP contribution in [0.3, 0.4) is 0 Å². The molecule has 0 atom stereocenters. The molecule has 0 amide bonds. The number of imidazole rings is 1. The third-order valence-corrected chi connectivity index (χ3v) is 1.97. The lowest BCUT2D eigenvalue weighted by Crippen LogP contribution is -1.94. The summed E-state index contributed by atoms with van der Waals surface area (Å²) in [6.07, 6.45) is 0.790. The fraction of sp³-hybridized carbons (Fsp3) is 0.429. The van der Waals surface area contributed by atoms with E-state index in [4.69, 9.17) is 16.9 Å². The molecule has 0 aromatic carbocycles. The van der Waals surface area contributed by atoms with Gasteiger partial charge in [-0.1, -0.05) is 18.5 Å². The Morgan fingerprint density at radius 2 is 2.36 bits per heavy atom. The van der Waals surface area contributed by atoms with Gasteiger partial charge in [-0.2, -0.15) is 5.26 Å². The Hall–Kier alpha value is -1.01. The molecule has 0 fully saturated rings. The number of hydrogen-bond donors (Lipinski definition) is 0. The molecular formula is C7H8ClN3. The minimum atomic E-state index is 0.311. The van der Waals surface area contributed by atoms with Gasteiger partial charge in [0.2, 0.25) is 0 Å². The number of rotatable bonds is 1. The summed E-state index contributed by atoms with van der Waals surface area (Å²) in [7, 11) is 1.80. The van der Waals surface area contributed by atoms with Crippen molar-refractivity contribution in [2.45, 2.75) is 13.3 Å². The summed E-state index contributed by atoms with van der Waals surface area (Å²) >= 11 is 5.77. The predicted octanol–water partition coefficient (Wildman–Crippen LogP) is 1.51. The minimum absolute atomic E-state index is 0.311. The van der Waals surface area contributed by atoms with Crippen molar-refractivity contribution in [2.75, 3.05) is 0 Å². The number of aromatic nitrogens is 2. The highest BCUT2D eigenvalue weighted by Crippen LogP contribution is 2.15. The van der Waals surface area contributed by atoms with E-state index in [2.05, 4.69) is 4.98 Å². The van der Waals surface area contributed by atoms with Gasteiger partial charge in [0.05, 0.1) is 0 Å². The maximum absolute atomic E-state index is 8.54. The molecule has 0 aliphatic heterocycles. The summed E-state index contributed by atoms with van der Waals surface area (Å²) in [5.41, 5.74) is 0.311. The van der Waals surface area contributed by atoms with Crippen LogP contribution in [-0.2, 0) is 13.5 Å². The van der Waals surface area contributed by atoms with Gasteiger partial charge in [-0.15, -0.1) is 0 Å². The minimum Gasteiger partial charge on any atom is -0.321 e. The summed E-state index contributed by atoms with van der Waals surface area (Å²) < 4.78 is 1.72. The first kappa shape index (κ1) is 8.09. The highest BCUT2D eigenvalue weighted by molar-refractivity contribution is 6.30. The number of hydrogen-bond acceptors (Lipinski definition) is 2. The van der Waals surface area contributed by atoms with Crippen molar-refractivity contribution in [2.24, 2.45) is 7.05 Å². The molecule has 0 N–H and O–H groups in total. The lowest BCUT2D eigenvalue weighted by molar-refractivity contribution is 0.808. The molecule has 0 saturated carbocycles. The van der Waals surface area contributed by atoms with Crippen molar-refractivity contribution in [1.82, 2.24) is 9.55 Å². The second kappa shape index (κ2) is 2.93. The number of nitriles is 1. The van der Waals surface area contributed by atoms with Gasteiger partial charge in [0, 0.05) is 13.5 Å². The van der Waals surface area contributed by atoms with Gasteiger partial charge in [-0.3, -0.25) is 0 Å². The smallest absolute Gasteiger partial charge is 0.177 e. The molecule has 1 aromatic heterocycles. The lowest BCUT2D eigenvalue weighted by atomic mass is 10.5. The molecule has 3 nitrogen and oxygen atoms in total.